The predicted molar refractivity (Wildman–Crippen MR) is 112 cm³/mol. The van der Waals surface area contributed by atoms with Crippen LogP contribution in [0.2, 0.25) is 0 Å². The van der Waals surface area contributed by atoms with Crippen molar-refractivity contribution < 1.29 is 13.9 Å². The summed E-state index contributed by atoms with van der Waals surface area (Å²) in [5.74, 6) is -0.476. The molecule has 1 fully saturated rings. The lowest BCUT2D eigenvalue weighted by atomic mass is 10.1. The van der Waals surface area contributed by atoms with E-state index in [4.69, 9.17) is 4.74 Å². The van der Waals surface area contributed by atoms with Crippen molar-refractivity contribution in [1.82, 2.24) is 9.78 Å². The Bertz CT molecular complexity index is 1130. The molecule has 0 spiro atoms. The first kappa shape index (κ1) is 19.5. The lowest BCUT2D eigenvalue weighted by molar-refractivity contribution is -0.117. The highest BCUT2D eigenvalue weighted by molar-refractivity contribution is 9.10. The molecule has 1 saturated heterocycles. The monoisotopic (exact) mass is 460 g/mol. The maximum absolute atomic E-state index is 14.0. The van der Waals surface area contributed by atoms with Crippen molar-refractivity contribution >= 4 is 44.1 Å². The molecular formula is C20H18BrFN4O3. The van der Waals surface area contributed by atoms with Crippen LogP contribution in [-0.2, 0) is 16.1 Å². The Morgan fingerprint density at radius 3 is 2.62 bits per heavy atom. The number of anilines is 2. The Morgan fingerprint density at radius 1 is 1.17 bits per heavy atom. The highest BCUT2D eigenvalue weighted by Gasteiger charge is 2.19. The molecule has 29 heavy (non-hydrogen) atoms. The number of hydrogen-bond acceptors (Lipinski definition) is 5. The number of halogens is 2. The van der Waals surface area contributed by atoms with E-state index in [1.807, 2.05) is 17.0 Å². The summed E-state index contributed by atoms with van der Waals surface area (Å²) in [7, 11) is 0. The minimum Gasteiger partial charge on any atom is -0.378 e. The minimum absolute atomic E-state index is 0.0421. The molecule has 0 bridgehead atoms. The third kappa shape index (κ3) is 4.15. The van der Waals surface area contributed by atoms with E-state index < -0.39 is 11.7 Å². The van der Waals surface area contributed by atoms with Crippen LogP contribution in [0, 0.1) is 5.82 Å². The van der Waals surface area contributed by atoms with Gasteiger partial charge in [-0.25, -0.2) is 9.07 Å². The van der Waals surface area contributed by atoms with Crippen LogP contribution in [0.4, 0.5) is 15.9 Å². The van der Waals surface area contributed by atoms with E-state index in [-0.39, 0.29) is 17.8 Å². The summed E-state index contributed by atoms with van der Waals surface area (Å²) in [6, 6.07) is 11.5. The van der Waals surface area contributed by atoms with Crippen molar-refractivity contribution in [3.05, 3.63) is 63.1 Å². The SMILES string of the molecule is O=C(Cn1nc(N2CCOCC2)c2ccccc2c1=O)Nc1ccc(Br)cc1F. The van der Waals surface area contributed by atoms with Gasteiger partial charge in [0.05, 0.1) is 24.3 Å². The molecule has 0 saturated carbocycles. The third-order valence-electron chi connectivity index (χ3n) is 4.66. The van der Waals surface area contributed by atoms with Crippen molar-refractivity contribution in [1.29, 1.82) is 0 Å². The zero-order valence-corrected chi connectivity index (χ0v) is 17.0. The molecule has 2 aromatic carbocycles. The standard InChI is InChI=1S/C20H18BrFN4O3/c21-13-5-6-17(16(22)11-13)23-18(27)12-26-20(28)15-4-2-1-3-14(15)19(24-26)25-7-9-29-10-8-25/h1-6,11H,7-10,12H2,(H,23,27). The van der Waals surface area contributed by atoms with Crippen molar-refractivity contribution in [2.75, 3.05) is 36.5 Å². The van der Waals surface area contributed by atoms with Crippen molar-refractivity contribution in [3.8, 4) is 0 Å². The van der Waals surface area contributed by atoms with E-state index in [9.17, 15) is 14.0 Å². The maximum Gasteiger partial charge on any atom is 0.275 e. The van der Waals surface area contributed by atoms with Gasteiger partial charge in [0.15, 0.2) is 5.82 Å². The Hall–Kier alpha value is -2.78. The Labute approximate surface area is 174 Å². The number of nitrogens with zero attached hydrogens (tertiary/aromatic N) is 3. The van der Waals surface area contributed by atoms with E-state index in [1.54, 1.807) is 18.2 Å². The van der Waals surface area contributed by atoms with E-state index in [0.29, 0.717) is 42.0 Å². The van der Waals surface area contributed by atoms with Gasteiger partial charge in [-0.3, -0.25) is 9.59 Å². The first-order valence-electron chi connectivity index (χ1n) is 9.10. The molecule has 2 heterocycles. The summed E-state index contributed by atoms with van der Waals surface area (Å²) in [6.07, 6.45) is 0. The molecule has 0 aliphatic carbocycles. The average molecular weight is 461 g/mol. The first-order chi connectivity index (χ1) is 14.0. The molecule has 1 N–H and O–H groups in total. The fourth-order valence-corrected chi connectivity index (χ4v) is 3.58. The zero-order chi connectivity index (χ0) is 20.4. The van der Waals surface area contributed by atoms with Gasteiger partial charge >= 0.3 is 0 Å². The average Bonchev–Trinajstić information content (AvgIpc) is 2.73. The highest BCUT2D eigenvalue weighted by Crippen LogP contribution is 2.23. The first-order valence-corrected chi connectivity index (χ1v) is 9.90. The lowest BCUT2D eigenvalue weighted by Gasteiger charge is -2.29. The number of carbonyl (C=O) groups is 1. The third-order valence-corrected chi connectivity index (χ3v) is 5.15. The van der Waals surface area contributed by atoms with Crippen LogP contribution in [0.3, 0.4) is 0 Å². The molecular weight excluding hydrogens is 443 g/mol. The predicted octanol–water partition coefficient (Wildman–Crippen LogP) is 2.77. The van der Waals surface area contributed by atoms with Gasteiger partial charge in [0, 0.05) is 22.9 Å². The molecule has 3 aromatic rings. The summed E-state index contributed by atoms with van der Waals surface area (Å²) in [4.78, 5) is 27.4. The molecule has 1 amide bonds. The quantitative estimate of drug-likeness (QED) is 0.647. The number of morpholine rings is 1. The maximum atomic E-state index is 14.0. The lowest BCUT2D eigenvalue weighted by Crippen LogP contribution is -2.39. The van der Waals surface area contributed by atoms with Crippen LogP contribution in [0.1, 0.15) is 0 Å². The summed E-state index contributed by atoms with van der Waals surface area (Å²) >= 11 is 3.17. The fourth-order valence-electron chi connectivity index (χ4n) is 3.25. The van der Waals surface area contributed by atoms with Crippen LogP contribution >= 0.6 is 15.9 Å². The van der Waals surface area contributed by atoms with Crippen molar-refractivity contribution in [2.24, 2.45) is 0 Å². The largest absolute Gasteiger partial charge is 0.378 e. The second-order valence-electron chi connectivity index (χ2n) is 6.60. The number of aromatic nitrogens is 2. The van der Waals surface area contributed by atoms with Crippen molar-refractivity contribution in [2.45, 2.75) is 6.54 Å². The van der Waals surface area contributed by atoms with Crippen molar-refractivity contribution in [3.63, 3.8) is 0 Å². The van der Waals surface area contributed by atoms with E-state index in [0.717, 1.165) is 10.1 Å². The fraction of sp³-hybridized carbons (Fsp3) is 0.250. The van der Waals surface area contributed by atoms with Crippen LogP contribution < -0.4 is 15.8 Å². The molecule has 7 nitrogen and oxygen atoms in total. The number of benzene rings is 2. The normalized spacial score (nSPS) is 14.2. The van der Waals surface area contributed by atoms with E-state index in [1.165, 1.54) is 12.1 Å². The number of amides is 1. The smallest absolute Gasteiger partial charge is 0.275 e. The Morgan fingerprint density at radius 2 is 1.90 bits per heavy atom. The molecule has 4 rings (SSSR count). The van der Waals surface area contributed by atoms with Gasteiger partial charge in [0.2, 0.25) is 5.91 Å². The minimum atomic E-state index is -0.569. The zero-order valence-electron chi connectivity index (χ0n) is 15.4. The molecule has 0 unspecified atom stereocenters. The molecule has 9 heteroatoms. The molecule has 1 aliphatic heterocycles. The second kappa shape index (κ2) is 8.30. The van der Waals surface area contributed by atoms with Gasteiger partial charge in [-0.05, 0) is 24.3 Å². The number of nitrogens with one attached hydrogen (secondary N) is 1. The van der Waals surface area contributed by atoms with E-state index >= 15 is 0 Å². The van der Waals surface area contributed by atoms with Gasteiger partial charge in [-0.1, -0.05) is 34.1 Å². The number of ether oxygens (including phenoxy) is 1. The van der Waals surface area contributed by atoms with Crippen LogP contribution in [0.5, 0.6) is 0 Å². The number of hydrogen-bond donors (Lipinski definition) is 1. The summed E-state index contributed by atoms with van der Waals surface area (Å²) in [5.41, 5.74) is -0.329. The summed E-state index contributed by atoms with van der Waals surface area (Å²) in [6.45, 7) is 2.10. The molecule has 0 radical (unpaired) electrons. The number of rotatable bonds is 4. The second-order valence-corrected chi connectivity index (χ2v) is 7.52. The highest BCUT2D eigenvalue weighted by atomic mass is 79.9. The van der Waals surface area contributed by atoms with Gasteiger partial charge < -0.3 is 15.0 Å². The summed E-state index contributed by atoms with van der Waals surface area (Å²) < 4.78 is 21.1. The van der Waals surface area contributed by atoms with Gasteiger partial charge in [-0.15, -0.1) is 0 Å². The number of fused-ring (bicyclic) bond motifs is 1. The molecule has 0 atom stereocenters. The number of carbonyl (C=O) groups excluding carboxylic acids is 1. The van der Waals surface area contributed by atoms with Gasteiger partial charge in [-0.2, -0.15) is 5.10 Å². The van der Waals surface area contributed by atoms with Crippen LogP contribution in [0.25, 0.3) is 10.8 Å². The Kier molecular flexibility index (Phi) is 5.59. The topological polar surface area (TPSA) is 76.5 Å². The molecule has 1 aliphatic rings. The Balaban J connectivity index is 1.67. The van der Waals surface area contributed by atoms with Gasteiger partial charge in [0.1, 0.15) is 12.4 Å². The molecule has 1 aromatic heterocycles. The van der Waals surface area contributed by atoms with Crippen LogP contribution in [-0.4, -0.2) is 42.0 Å². The van der Waals surface area contributed by atoms with Crippen LogP contribution in [0.15, 0.2) is 51.7 Å². The van der Waals surface area contributed by atoms with Gasteiger partial charge in [0.25, 0.3) is 5.56 Å². The van der Waals surface area contributed by atoms with E-state index in [2.05, 4.69) is 26.3 Å². The molecule has 150 valence electrons. The summed E-state index contributed by atoms with van der Waals surface area (Å²) in [5, 5.41) is 8.16.